The van der Waals surface area contributed by atoms with Gasteiger partial charge in [0.05, 0.1) is 45.3 Å². The van der Waals surface area contributed by atoms with Crippen LogP contribution in [0.15, 0.2) is 205 Å². The predicted molar refractivity (Wildman–Crippen MR) is 342 cm³/mol. The van der Waals surface area contributed by atoms with Gasteiger partial charge in [0.1, 0.15) is 42.0 Å². The molecule has 2 fully saturated rings. The van der Waals surface area contributed by atoms with Gasteiger partial charge in [-0.2, -0.15) is 5.90 Å². The molecule has 2 aromatic heterocycles. The third-order valence-corrected chi connectivity index (χ3v) is 15.7. The largest absolute Gasteiger partial charge is 0.768 e. The van der Waals surface area contributed by atoms with E-state index in [1.165, 1.54) is 103 Å². The molecule has 36 heteroatoms. The maximum Gasteiger partial charge on any atom is 0.263 e. The Morgan fingerprint density at radius 1 is 0.495 bits per heavy atom. The van der Waals surface area contributed by atoms with Crippen molar-refractivity contribution in [3.63, 3.8) is 0 Å². The van der Waals surface area contributed by atoms with Crippen LogP contribution in [0.4, 0.5) is 11.5 Å². The molecule has 2 aliphatic heterocycles. The summed E-state index contributed by atoms with van der Waals surface area (Å²) in [6.07, 6.45) is 5.45. The Bertz CT molecular complexity index is 3480. The number of aliphatic imine (C=N–C) groups is 1. The first-order valence-corrected chi connectivity index (χ1v) is 34.3. The lowest BCUT2D eigenvalue weighted by molar-refractivity contribution is -0.120. The summed E-state index contributed by atoms with van der Waals surface area (Å²) in [7, 11) is 0. The number of pyridine rings is 2. The Labute approximate surface area is 562 Å². The molecule has 7 aromatic rings. The van der Waals surface area contributed by atoms with Crippen molar-refractivity contribution in [2.45, 2.75) is 29.4 Å². The van der Waals surface area contributed by atoms with Crippen LogP contribution in [0.5, 0.6) is 23.0 Å². The smallest absolute Gasteiger partial charge is 0.263 e. The summed E-state index contributed by atoms with van der Waals surface area (Å²) in [5, 5.41) is 2.57. The van der Waals surface area contributed by atoms with Gasteiger partial charge in [0.2, 0.25) is 6.40 Å². The number of nitrogens with zero attached hydrogens (tertiary/aromatic N) is 5. The maximum atomic E-state index is 11.6. The first kappa shape index (κ1) is 79.9. The van der Waals surface area contributed by atoms with E-state index < -0.39 is 72.4 Å². The van der Waals surface area contributed by atoms with E-state index in [1.54, 1.807) is 66.9 Å². The number of rotatable bonds is 26. The van der Waals surface area contributed by atoms with Crippen LogP contribution in [0, 0.1) is 0 Å². The van der Waals surface area contributed by atoms with Gasteiger partial charge in [-0.05, 0) is 212 Å². The highest BCUT2D eigenvalue weighted by molar-refractivity contribution is 7.80. The Kier molecular flexibility index (Phi) is 39.8. The van der Waals surface area contributed by atoms with Crippen molar-refractivity contribution >= 4 is 96.2 Å². The molecular formula is C59H66N8O22S6-6. The van der Waals surface area contributed by atoms with Crippen LogP contribution in [0.25, 0.3) is 0 Å². The number of hydrogen-bond acceptors (Lipinski definition) is 28. The minimum Gasteiger partial charge on any atom is -0.768 e. The SMILES string of the molecule is NC(=O)COc1ccc(S(=O)[O-])cc1.NOC=Nc1ccc(S(=O)[O-])cc1.O=C(COc1ccc(S(=O)[O-])cc1)Nc1ccccn1.O=S([O-])c1ccc(OCCN2CCOCC2)cc1.O=S([O-])c1ccc(OCCOCCN2CCOCC2)cc1.O=S([O-])c1cccnc1. The van der Waals surface area contributed by atoms with Crippen LogP contribution < -0.4 is 35.9 Å². The number of carbonyl (C=O) groups is 2. The Morgan fingerprint density at radius 3 is 1.28 bits per heavy atom. The highest BCUT2D eigenvalue weighted by Gasteiger charge is 2.11. The molecular weight excluding hydrogens is 1370 g/mol. The summed E-state index contributed by atoms with van der Waals surface area (Å²) < 4.78 is 163. The number of hydrogen-bond donors (Lipinski definition) is 3. The molecule has 5 N–H and O–H groups in total. The molecule has 0 spiro atoms. The number of benzene rings is 5. The molecule has 0 radical (unpaired) electrons. The van der Waals surface area contributed by atoms with Crippen LogP contribution in [-0.2, 0) is 95.1 Å². The zero-order valence-corrected chi connectivity index (χ0v) is 55.3. The van der Waals surface area contributed by atoms with Crippen molar-refractivity contribution in [1.82, 2.24) is 19.8 Å². The minimum atomic E-state index is -2.27. The first-order chi connectivity index (χ1) is 45.8. The molecule has 6 atom stereocenters. The maximum absolute atomic E-state index is 11.6. The van der Waals surface area contributed by atoms with Crippen LogP contribution in [-0.4, -0.2) is 196 Å². The lowest BCUT2D eigenvalue weighted by Gasteiger charge is -2.26. The Morgan fingerprint density at radius 2 is 0.905 bits per heavy atom. The van der Waals surface area contributed by atoms with Gasteiger partial charge in [-0.1, -0.05) is 6.07 Å². The number of carbonyl (C=O) groups excluding carboxylic acids is 2. The molecule has 0 saturated carbocycles. The Hall–Kier alpha value is -7.57. The Balaban J connectivity index is 0.000000247. The fourth-order valence-corrected chi connectivity index (χ4v) is 9.27. The van der Waals surface area contributed by atoms with Gasteiger partial charge in [0.25, 0.3) is 11.8 Å². The third-order valence-electron chi connectivity index (χ3n) is 11.8. The second-order valence-corrected chi connectivity index (χ2v) is 24.0. The van der Waals surface area contributed by atoms with Gasteiger partial charge in [-0.3, -0.25) is 49.6 Å². The topological polar surface area (TPSA) is 457 Å². The number of nitrogens with one attached hydrogen (secondary N) is 1. The molecule has 0 bridgehead atoms. The standard InChI is InChI=1S/C14H21NO5S.C13H12N2O4S.C12H17NO4S.C8H9NO4S.C7H8N2O3S.C5H5NO2S/c16-21(17)14-3-1-13(2-4-14)20-12-11-19-10-7-15-5-8-18-9-6-15;16-13(15-12-3-1-2-8-14-12)9-19-10-4-6-11(7-5-10)20(17)18;14-18(15)12-3-1-11(2-4-12)17-10-7-13-5-8-16-9-6-13;9-8(10)5-13-6-1-3-7(4-2-6)14(11)12;8-12-5-9-6-1-3-7(4-2-6)13(10)11;7-9(8)5-2-1-3-6-4-5/h1-4H,5-12H2,(H,16,17);1-8H,9H2,(H,17,18)(H,14,15,16);1-4H,5-10H2,(H,14,15);1-4H,5H2,(H2,9,10)(H,11,12);1-5H,8H2,(H,10,11);1-4H,(H,7,8)/p-6. The van der Waals surface area contributed by atoms with Crippen LogP contribution in [0.3, 0.4) is 0 Å². The van der Waals surface area contributed by atoms with E-state index in [-0.39, 0.29) is 48.5 Å². The number of amides is 2. The van der Waals surface area contributed by atoms with Crippen molar-refractivity contribution in [1.29, 1.82) is 0 Å². The lowest BCUT2D eigenvalue weighted by atomic mass is 10.3. The van der Waals surface area contributed by atoms with Crippen LogP contribution in [0.1, 0.15) is 0 Å². The summed E-state index contributed by atoms with van der Waals surface area (Å²) in [5.41, 5.74) is 5.42. The van der Waals surface area contributed by atoms with E-state index in [2.05, 4.69) is 34.9 Å². The van der Waals surface area contributed by atoms with E-state index in [1.807, 2.05) is 0 Å². The normalized spacial score (nSPS) is 14.6. The van der Waals surface area contributed by atoms with Crippen molar-refractivity contribution < 1.29 is 100 Å². The summed E-state index contributed by atoms with van der Waals surface area (Å²) in [6, 6.07) is 38.3. The second-order valence-electron chi connectivity index (χ2n) is 18.4. The summed E-state index contributed by atoms with van der Waals surface area (Å²) >= 11 is -13.2. The molecule has 9 rings (SSSR count). The predicted octanol–water partition coefficient (Wildman–Crippen LogP) is 3.21. The molecule has 95 heavy (non-hydrogen) atoms. The van der Waals surface area contributed by atoms with Gasteiger partial charge >= 0.3 is 0 Å². The van der Waals surface area contributed by atoms with Crippen molar-refractivity contribution in [2.75, 3.05) is 111 Å². The van der Waals surface area contributed by atoms with E-state index in [9.17, 15) is 62.2 Å². The highest BCUT2D eigenvalue weighted by Crippen LogP contribution is 2.18. The van der Waals surface area contributed by atoms with E-state index >= 15 is 0 Å². The molecule has 5 aromatic carbocycles. The molecule has 0 aliphatic carbocycles. The number of nitrogens with two attached hydrogens (primary N) is 2. The molecule has 2 aliphatic rings. The van der Waals surface area contributed by atoms with Crippen LogP contribution >= 0.6 is 0 Å². The number of ether oxygens (including phenoxy) is 7. The summed E-state index contributed by atoms with van der Waals surface area (Å²) in [4.78, 5) is 43.2. The molecule has 2 saturated heterocycles. The van der Waals surface area contributed by atoms with Gasteiger partial charge in [-0.15, -0.1) is 0 Å². The summed E-state index contributed by atoms with van der Waals surface area (Å²) in [6.45, 7) is 10.6. The fourth-order valence-electron chi connectivity index (χ4n) is 7.14. The summed E-state index contributed by atoms with van der Waals surface area (Å²) in [5.74, 6) is 6.37. The van der Waals surface area contributed by atoms with Crippen molar-refractivity contribution in [2.24, 2.45) is 16.6 Å². The molecule has 516 valence electrons. The zero-order valence-electron chi connectivity index (χ0n) is 50.4. The number of anilines is 1. The second kappa shape index (κ2) is 47.3. The van der Waals surface area contributed by atoms with Crippen LogP contribution in [0.2, 0.25) is 0 Å². The van der Waals surface area contributed by atoms with Gasteiger partial charge in [-0.25, -0.2) is 9.98 Å². The number of aromatic nitrogens is 2. The molecule has 4 heterocycles. The molecule has 30 nitrogen and oxygen atoms in total. The average molecular weight is 1430 g/mol. The van der Waals surface area contributed by atoms with Gasteiger partial charge in [0, 0.05) is 87.2 Å². The first-order valence-electron chi connectivity index (χ1n) is 27.8. The molecule has 2 amide bonds. The minimum absolute atomic E-state index is 0.162. The average Bonchev–Trinajstić information content (AvgIpc) is 2.07. The van der Waals surface area contributed by atoms with E-state index in [0.29, 0.717) is 60.9 Å². The monoisotopic (exact) mass is 1430 g/mol. The van der Waals surface area contributed by atoms with Crippen molar-refractivity contribution in [3.8, 4) is 23.0 Å². The van der Waals surface area contributed by atoms with Gasteiger partial charge in [0.15, 0.2) is 13.2 Å². The van der Waals surface area contributed by atoms with Crippen molar-refractivity contribution in [3.05, 3.63) is 170 Å². The fraction of sp³-hybridized carbons (Fsp3) is 0.271. The number of morpholine rings is 2. The number of primary amides is 1. The van der Waals surface area contributed by atoms with Gasteiger partial charge < -0.3 is 76.4 Å². The highest BCUT2D eigenvalue weighted by atomic mass is 32.2. The van der Waals surface area contributed by atoms with E-state index in [0.717, 1.165) is 72.1 Å². The lowest BCUT2D eigenvalue weighted by Crippen LogP contribution is -2.38. The quantitative estimate of drug-likeness (QED) is 0.0230. The van der Waals surface area contributed by atoms with E-state index in [4.69, 9.17) is 44.8 Å². The molecule has 6 unspecified atom stereocenters. The zero-order chi connectivity index (χ0) is 69.0. The third kappa shape index (κ3) is 35.7.